The van der Waals surface area contributed by atoms with Crippen molar-refractivity contribution in [2.24, 2.45) is 11.8 Å². The fraction of sp³-hybridized carbons (Fsp3) is 0.500. The number of fused-ring (bicyclic) bond motifs is 1. The standard InChI is InChI=1S/C36H47N3O4S/c1-23-28(11-7-12-31(23)40)34(42)37-29(19-24-14-16-25(17-15-24)33-13-8-18-44-33)32(41)22-39-21-27-10-6-5-9-26(27)20-30(39)35(43)38-36(2,3)4/h7-8,11-18,26-27,29-30,32,40-41H,5-6,9-10,19-22H2,1-4H3,(H,37,42)(H,38,43)/t26-,27+,29-,30-,32+/m0/s1. The van der Waals surface area contributed by atoms with E-state index in [1.165, 1.54) is 17.7 Å². The van der Waals surface area contributed by atoms with Crippen molar-refractivity contribution in [1.29, 1.82) is 0 Å². The number of piperidine rings is 1. The Bertz CT molecular complexity index is 1420. The number of carbonyl (C=O) groups excluding carboxylic acids is 2. The second kappa shape index (κ2) is 13.8. The summed E-state index contributed by atoms with van der Waals surface area (Å²) in [6.07, 6.45) is 5.03. The van der Waals surface area contributed by atoms with Gasteiger partial charge in [-0.25, -0.2) is 0 Å². The summed E-state index contributed by atoms with van der Waals surface area (Å²) in [5, 5.41) is 30.4. The number of aliphatic hydroxyl groups is 1. The van der Waals surface area contributed by atoms with Crippen molar-refractivity contribution < 1.29 is 19.8 Å². The average Bonchev–Trinajstić information content (AvgIpc) is 3.52. The predicted molar refractivity (Wildman–Crippen MR) is 177 cm³/mol. The fourth-order valence-corrected chi connectivity index (χ4v) is 7.63. The highest BCUT2D eigenvalue weighted by Gasteiger charge is 2.41. The molecule has 236 valence electrons. The maximum absolute atomic E-state index is 13.6. The van der Waals surface area contributed by atoms with E-state index in [1.54, 1.807) is 36.5 Å². The maximum atomic E-state index is 13.6. The summed E-state index contributed by atoms with van der Waals surface area (Å²) >= 11 is 1.69. The lowest BCUT2D eigenvalue weighted by Gasteiger charge is -2.47. The molecule has 44 heavy (non-hydrogen) atoms. The van der Waals surface area contributed by atoms with Gasteiger partial charge >= 0.3 is 0 Å². The number of thiophene rings is 1. The molecular formula is C36H47N3O4S. The molecule has 2 fully saturated rings. The van der Waals surface area contributed by atoms with Crippen molar-refractivity contribution in [3.05, 3.63) is 76.7 Å². The maximum Gasteiger partial charge on any atom is 0.252 e. The molecule has 2 heterocycles. The minimum Gasteiger partial charge on any atom is -0.508 e. The number of aliphatic hydroxyl groups excluding tert-OH is 1. The van der Waals surface area contributed by atoms with Crippen LogP contribution in [0.3, 0.4) is 0 Å². The number of phenols is 1. The topological polar surface area (TPSA) is 102 Å². The summed E-state index contributed by atoms with van der Waals surface area (Å²) in [7, 11) is 0. The van der Waals surface area contributed by atoms with Crippen LogP contribution in [-0.2, 0) is 11.2 Å². The molecule has 7 nitrogen and oxygen atoms in total. The van der Waals surface area contributed by atoms with Gasteiger partial charge in [0.1, 0.15) is 5.75 Å². The normalized spacial score (nSPS) is 22.1. The Kier molecular flexibility index (Phi) is 10.1. The predicted octanol–water partition coefficient (Wildman–Crippen LogP) is 5.93. The summed E-state index contributed by atoms with van der Waals surface area (Å²) in [5.74, 6) is 0.767. The lowest BCUT2D eigenvalue weighted by atomic mass is 9.72. The number of β-amino-alcohol motifs (C(OH)–C–C–N with tert-alkyl or cyclic N) is 1. The molecule has 2 aliphatic rings. The second-order valence-corrected chi connectivity index (χ2v) is 14.7. The number of benzene rings is 2. The molecule has 8 heteroatoms. The Balaban J connectivity index is 1.38. The monoisotopic (exact) mass is 617 g/mol. The van der Waals surface area contributed by atoms with Gasteiger partial charge in [0.2, 0.25) is 5.91 Å². The van der Waals surface area contributed by atoms with Gasteiger partial charge in [-0.3, -0.25) is 14.5 Å². The van der Waals surface area contributed by atoms with Crippen LogP contribution in [0.2, 0.25) is 0 Å². The quantitative estimate of drug-likeness (QED) is 0.239. The van der Waals surface area contributed by atoms with Gasteiger partial charge in [0, 0.05) is 34.6 Å². The third kappa shape index (κ3) is 7.89. The van der Waals surface area contributed by atoms with Gasteiger partial charge in [-0.1, -0.05) is 55.7 Å². The number of rotatable bonds is 9. The number of hydrogen-bond acceptors (Lipinski definition) is 6. The first-order valence-electron chi connectivity index (χ1n) is 15.9. The van der Waals surface area contributed by atoms with Crippen molar-refractivity contribution in [2.45, 2.75) is 89.9 Å². The molecule has 2 amide bonds. The minimum absolute atomic E-state index is 0.00820. The Hall–Kier alpha value is -3.20. The molecule has 1 aliphatic heterocycles. The van der Waals surface area contributed by atoms with E-state index in [-0.39, 0.29) is 35.7 Å². The van der Waals surface area contributed by atoms with Gasteiger partial charge in [-0.05, 0) is 93.5 Å². The van der Waals surface area contributed by atoms with E-state index in [4.69, 9.17) is 0 Å². The second-order valence-electron chi connectivity index (χ2n) is 13.7. The zero-order valence-electron chi connectivity index (χ0n) is 26.4. The Labute approximate surface area is 265 Å². The molecule has 5 atom stereocenters. The SMILES string of the molecule is Cc1c(O)cccc1C(=O)N[C@@H](Cc1ccc(-c2cccs2)cc1)[C@H](O)CN1C[C@H]2CCCC[C@H]2C[C@H]1C(=O)NC(C)(C)C. The highest BCUT2D eigenvalue weighted by Crippen LogP contribution is 2.39. The van der Waals surface area contributed by atoms with Crippen molar-refractivity contribution in [1.82, 2.24) is 15.5 Å². The molecule has 0 spiro atoms. The van der Waals surface area contributed by atoms with E-state index in [9.17, 15) is 19.8 Å². The fourth-order valence-electron chi connectivity index (χ4n) is 6.90. The van der Waals surface area contributed by atoms with Crippen LogP contribution < -0.4 is 10.6 Å². The number of aromatic hydroxyl groups is 1. The molecular weight excluding hydrogens is 570 g/mol. The first-order chi connectivity index (χ1) is 21.0. The zero-order chi connectivity index (χ0) is 31.4. The summed E-state index contributed by atoms with van der Waals surface area (Å²) in [6.45, 7) is 8.75. The van der Waals surface area contributed by atoms with Crippen LogP contribution in [0.15, 0.2) is 60.0 Å². The summed E-state index contributed by atoms with van der Waals surface area (Å²) in [4.78, 5) is 30.5. The van der Waals surface area contributed by atoms with Crippen LogP contribution in [0.4, 0.5) is 0 Å². The molecule has 2 aromatic carbocycles. The lowest BCUT2D eigenvalue weighted by Crippen LogP contribution is -2.60. The van der Waals surface area contributed by atoms with Crippen LogP contribution >= 0.6 is 11.3 Å². The first-order valence-corrected chi connectivity index (χ1v) is 16.8. The smallest absolute Gasteiger partial charge is 0.252 e. The number of amides is 2. The average molecular weight is 618 g/mol. The number of carbonyl (C=O) groups is 2. The lowest BCUT2D eigenvalue weighted by molar-refractivity contribution is -0.132. The highest BCUT2D eigenvalue weighted by atomic mass is 32.1. The zero-order valence-corrected chi connectivity index (χ0v) is 27.2. The Morgan fingerprint density at radius 3 is 2.43 bits per heavy atom. The van der Waals surface area contributed by atoms with Gasteiger partial charge in [0.25, 0.3) is 5.91 Å². The summed E-state index contributed by atoms with van der Waals surface area (Å²) in [6, 6.07) is 16.3. The number of phenolic OH excluding ortho intramolecular Hbond substituents is 1. The van der Waals surface area contributed by atoms with Crippen molar-refractivity contribution in [3.63, 3.8) is 0 Å². The van der Waals surface area contributed by atoms with Crippen LogP contribution in [-0.4, -0.2) is 63.7 Å². The third-order valence-electron chi connectivity index (χ3n) is 9.27. The highest BCUT2D eigenvalue weighted by molar-refractivity contribution is 7.13. The molecule has 3 aromatic rings. The summed E-state index contributed by atoms with van der Waals surface area (Å²) < 4.78 is 0. The van der Waals surface area contributed by atoms with Gasteiger partial charge in [0.15, 0.2) is 0 Å². The Morgan fingerprint density at radius 2 is 1.75 bits per heavy atom. The molecule has 1 saturated carbocycles. The number of likely N-dealkylation sites (tertiary alicyclic amines) is 1. The Morgan fingerprint density at radius 1 is 1.02 bits per heavy atom. The van der Waals surface area contributed by atoms with Crippen LogP contribution in [0.1, 0.15) is 74.4 Å². The van der Waals surface area contributed by atoms with Crippen LogP contribution in [0.5, 0.6) is 5.75 Å². The van der Waals surface area contributed by atoms with Crippen LogP contribution in [0, 0.1) is 18.8 Å². The van der Waals surface area contributed by atoms with E-state index < -0.39 is 12.1 Å². The third-order valence-corrected chi connectivity index (χ3v) is 10.2. The molecule has 5 rings (SSSR count). The van der Waals surface area contributed by atoms with E-state index in [2.05, 4.69) is 39.1 Å². The van der Waals surface area contributed by atoms with E-state index in [0.717, 1.165) is 36.9 Å². The van der Waals surface area contributed by atoms with E-state index >= 15 is 0 Å². The number of nitrogens with zero attached hydrogens (tertiary/aromatic N) is 1. The van der Waals surface area contributed by atoms with E-state index in [1.807, 2.05) is 39.0 Å². The summed E-state index contributed by atoms with van der Waals surface area (Å²) in [5.41, 5.74) is 2.64. The first kappa shape index (κ1) is 32.2. The van der Waals surface area contributed by atoms with E-state index in [0.29, 0.717) is 29.4 Å². The largest absolute Gasteiger partial charge is 0.508 e. The van der Waals surface area contributed by atoms with Gasteiger partial charge in [-0.2, -0.15) is 0 Å². The molecule has 1 aromatic heterocycles. The molecule has 0 radical (unpaired) electrons. The molecule has 0 unspecified atom stereocenters. The van der Waals surface area contributed by atoms with Crippen molar-refractivity contribution in [2.75, 3.05) is 13.1 Å². The molecule has 0 bridgehead atoms. The van der Waals surface area contributed by atoms with Crippen molar-refractivity contribution >= 4 is 23.2 Å². The van der Waals surface area contributed by atoms with Gasteiger partial charge in [0.05, 0.1) is 18.2 Å². The molecule has 1 aliphatic carbocycles. The minimum atomic E-state index is -0.918. The number of nitrogens with one attached hydrogen (secondary N) is 2. The van der Waals surface area contributed by atoms with Crippen molar-refractivity contribution in [3.8, 4) is 16.2 Å². The van der Waals surface area contributed by atoms with Gasteiger partial charge < -0.3 is 20.8 Å². The van der Waals surface area contributed by atoms with Gasteiger partial charge in [-0.15, -0.1) is 11.3 Å². The number of hydrogen-bond donors (Lipinski definition) is 4. The van der Waals surface area contributed by atoms with Crippen LogP contribution in [0.25, 0.3) is 10.4 Å². The molecule has 1 saturated heterocycles. The molecule has 4 N–H and O–H groups in total.